The van der Waals surface area contributed by atoms with Crippen LogP contribution >= 0.6 is 11.6 Å². The number of nitrogens with zero attached hydrogens (tertiary/aromatic N) is 2. The van der Waals surface area contributed by atoms with Crippen LogP contribution in [0, 0.1) is 0 Å². The van der Waals surface area contributed by atoms with Gasteiger partial charge in [-0.25, -0.2) is 18.4 Å². The van der Waals surface area contributed by atoms with Crippen LogP contribution in [0.1, 0.15) is 19.5 Å². The largest absolute Gasteiger partial charge is 0.433 e. The Morgan fingerprint density at radius 2 is 1.81 bits per heavy atom. The summed E-state index contributed by atoms with van der Waals surface area (Å²) in [7, 11) is -4.20. The first-order chi connectivity index (χ1) is 11.9. The average molecular weight is 408 g/mol. The van der Waals surface area contributed by atoms with Crippen molar-refractivity contribution in [2.45, 2.75) is 29.7 Å². The number of halogens is 4. The number of hydrogen-bond acceptors (Lipinski definition) is 5. The van der Waals surface area contributed by atoms with Crippen molar-refractivity contribution in [2.24, 2.45) is 0 Å². The fourth-order valence-electron chi connectivity index (χ4n) is 1.87. The molecule has 11 heteroatoms. The highest BCUT2D eigenvalue weighted by atomic mass is 35.5. The Bertz CT molecular complexity index is 929. The van der Waals surface area contributed by atoms with Gasteiger partial charge >= 0.3 is 6.18 Å². The molecule has 2 aromatic rings. The van der Waals surface area contributed by atoms with Crippen LogP contribution in [0.25, 0.3) is 0 Å². The lowest BCUT2D eigenvalue weighted by molar-refractivity contribution is -0.141. The molecule has 2 aromatic heterocycles. The monoisotopic (exact) mass is 407 g/mol. The van der Waals surface area contributed by atoms with E-state index < -0.39 is 38.2 Å². The number of carbonyl (C=O) groups excluding carboxylic acids is 1. The molecule has 0 fully saturated rings. The fourth-order valence-corrected chi connectivity index (χ4v) is 3.30. The number of aromatic nitrogens is 2. The maximum absolute atomic E-state index is 12.7. The van der Waals surface area contributed by atoms with Crippen LogP contribution in [0.15, 0.2) is 41.4 Å². The molecule has 0 saturated heterocycles. The van der Waals surface area contributed by atoms with Crippen molar-refractivity contribution in [1.82, 2.24) is 9.97 Å². The maximum Gasteiger partial charge on any atom is 0.433 e. The lowest BCUT2D eigenvalue weighted by Crippen LogP contribution is -2.44. The second-order valence-corrected chi connectivity index (χ2v) is 8.58. The number of amides is 1. The van der Waals surface area contributed by atoms with Gasteiger partial charge in [0.15, 0.2) is 9.84 Å². The van der Waals surface area contributed by atoms with E-state index in [0.29, 0.717) is 0 Å². The van der Waals surface area contributed by atoms with Crippen molar-refractivity contribution < 1.29 is 26.4 Å². The van der Waals surface area contributed by atoms with E-state index in [1.807, 2.05) is 0 Å². The topological polar surface area (TPSA) is 89.0 Å². The van der Waals surface area contributed by atoms with Crippen molar-refractivity contribution in [2.75, 3.05) is 5.32 Å². The first-order valence-corrected chi connectivity index (χ1v) is 8.94. The molecule has 140 valence electrons. The third-order valence-electron chi connectivity index (χ3n) is 3.51. The third kappa shape index (κ3) is 3.96. The van der Waals surface area contributed by atoms with E-state index in [2.05, 4.69) is 15.3 Å². The number of anilines is 1. The number of alkyl halides is 3. The first-order valence-electron chi connectivity index (χ1n) is 7.07. The van der Waals surface area contributed by atoms with E-state index in [-0.39, 0.29) is 10.0 Å². The Morgan fingerprint density at radius 1 is 1.15 bits per heavy atom. The molecule has 26 heavy (non-hydrogen) atoms. The van der Waals surface area contributed by atoms with Gasteiger partial charge in [0, 0.05) is 6.20 Å². The van der Waals surface area contributed by atoms with Crippen LogP contribution in [0.2, 0.25) is 5.15 Å². The molecule has 0 atom stereocenters. The highest BCUT2D eigenvalue weighted by molar-refractivity contribution is 7.93. The zero-order chi connectivity index (χ0) is 19.8. The van der Waals surface area contributed by atoms with Crippen LogP contribution in [0.5, 0.6) is 0 Å². The Kier molecular flexibility index (Phi) is 5.29. The molecule has 6 nitrogen and oxygen atoms in total. The Balaban J connectivity index is 2.32. The average Bonchev–Trinajstić information content (AvgIpc) is 2.54. The highest BCUT2D eigenvalue weighted by Crippen LogP contribution is 2.29. The summed E-state index contributed by atoms with van der Waals surface area (Å²) in [6.45, 7) is 2.25. The molecule has 2 rings (SSSR count). The molecule has 0 aromatic carbocycles. The summed E-state index contributed by atoms with van der Waals surface area (Å²) in [5.74, 6) is -1.46. The number of carbonyl (C=O) groups is 1. The summed E-state index contributed by atoms with van der Waals surface area (Å²) in [6.07, 6.45) is -3.70. The molecule has 0 spiro atoms. The molecule has 1 N–H and O–H groups in total. The zero-order valence-electron chi connectivity index (χ0n) is 13.5. The van der Waals surface area contributed by atoms with E-state index in [4.69, 9.17) is 11.6 Å². The van der Waals surface area contributed by atoms with Gasteiger partial charge in [0.1, 0.15) is 21.4 Å². The first kappa shape index (κ1) is 20.1. The molecule has 0 unspecified atom stereocenters. The van der Waals surface area contributed by atoms with Crippen LogP contribution in [-0.4, -0.2) is 29.0 Å². The van der Waals surface area contributed by atoms with Crippen molar-refractivity contribution in [3.63, 3.8) is 0 Å². The summed E-state index contributed by atoms with van der Waals surface area (Å²) in [4.78, 5) is 19.1. The lowest BCUT2D eigenvalue weighted by atomic mass is 10.2. The van der Waals surface area contributed by atoms with E-state index >= 15 is 0 Å². The van der Waals surface area contributed by atoms with Crippen LogP contribution in [0.4, 0.5) is 19.0 Å². The van der Waals surface area contributed by atoms with Gasteiger partial charge in [-0.3, -0.25) is 4.79 Å². The van der Waals surface area contributed by atoms with Gasteiger partial charge in [-0.15, -0.1) is 0 Å². The normalized spacial score (nSPS) is 12.7. The summed E-state index contributed by atoms with van der Waals surface area (Å²) >= 11 is 5.61. The van der Waals surface area contributed by atoms with E-state index in [9.17, 15) is 26.4 Å². The quantitative estimate of drug-likeness (QED) is 0.785. The Labute approximate surface area is 152 Å². The molecule has 0 bridgehead atoms. The minimum atomic E-state index is -4.70. The van der Waals surface area contributed by atoms with Gasteiger partial charge in [-0.05, 0) is 38.1 Å². The number of rotatable bonds is 4. The smallest absolute Gasteiger partial charge is 0.309 e. The van der Waals surface area contributed by atoms with Gasteiger partial charge in [-0.1, -0.05) is 17.7 Å². The predicted molar refractivity (Wildman–Crippen MR) is 88.4 cm³/mol. The molecule has 0 aliphatic carbocycles. The van der Waals surface area contributed by atoms with Crippen molar-refractivity contribution in [3.8, 4) is 0 Å². The molecule has 0 aliphatic heterocycles. The van der Waals surface area contributed by atoms with Gasteiger partial charge in [-0.2, -0.15) is 13.2 Å². The summed E-state index contributed by atoms with van der Waals surface area (Å²) in [6, 6.07) is 5.34. The highest BCUT2D eigenvalue weighted by Gasteiger charge is 2.43. The van der Waals surface area contributed by atoms with Gasteiger partial charge in [0.2, 0.25) is 5.91 Å². The summed E-state index contributed by atoms with van der Waals surface area (Å²) < 4.78 is 61.4. The summed E-state index contributed by atoms with van der Waals surface area (Å²) in [5, 5.41) is 2.18. The fraction of sp³-hybridized carbons (Fsp3) is 0.267. The van der Waals surface area contributed by atoms with Gasteiger partial charge in [0.05, 0.1) is 4.90 Å². The van der Waals surface area contributed by atoms with Crippen molar-refractivity contribution in [3.05, 3.63) is 47.4 Å². The Morgan fingerprint density at radius 3 is 2.35 bits per heavy atom. The molecule has 1 amide bonds. The van der Waals surface area contributed by atoms with Crippen LogP contribution < -0.4 is 5.32 Å². The lowest BCUT2D eigenvalue weighted by Gasteiger charge is -2.23. The second-order valence-electron chi connectivity index (χ2n) is 5.69. The van der Waals surface area contributed by atoms with Crippen molar-refractivity contribution in [1.29, 1.82) is 0 Å². The zero-order valence-corrected chi connectivity index (χ0v) is 15.1. The van der Waals surface area contributed by atoms with Crippen LogP contribution in [-0.2, 0) is 20.8 Å². The van der Waals surface area contributed by atoms with Crippen molar-refractivity contribution >= 4 is 33.2 Å². The minimum absolute atomic E-state index is 0.0689. The maximum atomic E-state index is 12.7. The Hall–Kier alpha value is -2.20. The summed E-state index contributed by atoms with van der Waals surface area (Å²) in [5.41, 5.74) is -1.21. The number of pyridine rings is 2. The third-order valence-corrected chi connectivity index (χ3v) is 6.13. The number of hydrogen-bond donors (Lipinski definition) is 1. The molecular formula is C15H13ClF3N3O3S. The van der Waals surface area contributed by atoms with Gasteiger partial charge < -0.3 is 5.32 Å². The van der Waals surface area contributed by atoms with E-state index in [0.717, 1.165) is 38.2 Å². The standard InChI is InChI=1S/C15H13ClF3N3O3S/c1-14(2,26(24,25)9-6-7-11(16)20-8-9)13(23)22-12-5-3-4-10(21-12)15(17,18)19/h3-8H,1-2H3,(H,21,22,23). The molecule has 0 aliphatic rings. The SMILES string of the molecule is CC(C)(C(=O)Nc1cccc(C(F)(F)F)n1)S(=O)(=O)c1ccc(Cl)nc1. The predicted octanol–water partition coefficient (Wildman–Crippen LogP) is 3.34. The van der Waals surface area contributed by atoms with Crippen LogP contribution in [0.3, 0.4) is 0 Å². The van der Waals surface area contributed by atoms with E-state index in [1.54, 1.807) is 0 Å². The second kappa shape index (κ2) is 6.84. The molecular weight excluding hydrogens is 395 g/mol. The van der Waals surface area contributed by atoms with Gasteiger partial charge in [0.25, 0.3) is 0 Å². The van der Waals surface area contributed by atoms with E-state index in [1.165, 1.54) is 12.1 Å². The molecule has 0 radical (unpaired) electrons. The molecule has 2 heterocycles. The number of nitrogens with one attached hydrogen (secondary N) is 1. The number of sulfone groups is 1. The minimum Gasteiger partial charge on any atom is -0.309 e. The molecule has 0 saturated carbocycles.